The maximum Gasteiger partial charge on any atom is 0.343 e. The van der Waals surface area contributed by atoms with Crippen LogP contribution < -0.4 is 15.4 Å². The number of benzene rings is 3. The van der Waals surface area contributed by atoms with Gasteiger partial charge in [-0.05, 0) is 66.7 Å². The number of urea groups is 1. The van der Waals surface area contributed by atoms with E-state index in [4.69, 9.17) is 16.3 Å². The number of pyridine rings is 1. The van der Waals surface area contributed by atoms with Crippen LogP contribution in [0.1, 0.15) is 0 Å². The van der Waals surface area contributed by atoms with Gasteiger partial charge >= 0.3 is 12.0 Å². The van der Waals surface area contributed by atoms with Crippen molar-refractivity contribution in [2.45, 2.75) is 0 Å². The molecule has 0 aliphatic rings. The molecule has 34 heavy (non-hydrogen) atoms. The van der Waals surface area contributed by atoms with Crippen molar-refractivity contribution in [1.29, 1.82) is 0 Å². The minimum Gasteiger partial charge on any atom is -0.481 e. The van der Waals surface area contributed by atoms with Crippen molar-refractivity contribution in [2.75, 3.05) is 24.4 Å². The maximum atomic E-state index is 13.3. The van der Waals surface area contributed by atoms with E-state index < -0.39 is 12.0 Å². The molecule has 0 saturated heterocycles. The van der Waals surface area contributed by atoms with E-state index in [1.807, 2.05) is 0 Å². The average Bonchev–Trinajstić information content (AvgIpc) is 2.84. The highest BCUT2D eigenvalue weighted by Crippen LogP contribution is 2.32. The molecule has 0 radical (unpaired) electrons. The largest absolute Gasteiger partial charge is 0.481 e. The number of esters is 1. The third-order valence-corrected chi connectivity index (χ3v) is 5.10. The molecule has 2 N–H and O–H groups in total. The van der Waals surface area contributed by atoms with Gasteiger partial charge in [0.15, 0.2) is 6.61 Å². The van der Waals surface area contributed by atoms with Crippen LogP contribution in [-0.2, 0) is 9.53 Å². The molecule has 172 valence electrons. The van der Waals surface area contributed by atoms with Crippen LogP contribution in [0.25, 0.3) is 22.2 Å². The van der Waals surface area contributed by atoms with Gasteiger partial charge in [0.2, 0.25) is 0 Å². The summed E-state index contributed by atoms with van der Waals surface area (Å²) in [6, 6.07) is 18.9. The molecular formula is C25H19ClFN3O4. The van der Waals surface area contributed by atoms with Crippen LogP contribution in [0, 0.1) is 5.82 Å². The molecule has 0 fully saturated rings. The fourth-order valence-corrected chi connectivity index (χ4v) is 3.31. The monoisotopic (exact) mass is 479 g/mol. The summed E-state index contributed by atoms with van der Waals surface area (Å²) in [5, 5.41) is 6.60. The molecular weight excluding hydrogens is 461 g/mol. The SMILES string of the molecule is COC(=O)COc1cc(-c2ccc(F)cc2)nc2ccc(NC(=O)Nc3ccc(Cl)cc3)cc12. The molecule has 0 aliphatic carbocycles. The second-order valence-electron chi connectivity index (χ2n) is 7.20. The predicted octanol–water partition coefficient (Wildman–Crippen LogP) is 5.89. The van der Waals surface area contributed by atoms with Crippen molar-refractivity contribution >= 4 is 45.9 Å². The minimum atomic E-state index is -0.551. The number of hydrogen-bond donors (Lipinski definition) is 2. The summed E-state index contributed by atoms with van der Waals surface area (Å²) in [6.07, 6.45) is 0. The smallest absolute Gasteiger partial charge is 0.343 e. The van der Waals surface area contributed by atoms with Gasteiger partial charge in [-0.2, -0.15) is 0 Å². The van der Waals surface area contributed by atoms with E-state index in [0.717, 1.165) is 0 Å². The maximum absolute atomic E-state index is 13.3. The van der Waals surface area contributed by atoms with Crippen LogP contribution in [-0.4, -0.2) is 30.7 Å². The molecule has 9 heteroatoms. The number of carbonyl (C=O) groups excluding carboxylic acids is 2. The first-order valence-electron chi connectivity index (χ1n) is 10.2. The molecule has 0 unspecified atom stereocenters. The Labute approximate surface area is 199 Å². The van der Waals surface area contributed by atoms with E-state index in [9.17, 15) is 14.0 Å². The van der Waals surface area contributed by atoms with Gasteiger partial charge in [-0.1, -0.05) is 11.6 Å². The molecule has 2 amide bonds. The van der Waals surface area contributed by atoms with Crippen LogP contribution in [0.3, 0.4) is 0 Å². The van der Waals surface area contributed by atoms with Gasteiger partial charge in [-0.25, -0.2) is 19.0 Å². The number of anilines is 2. The standard InChI is InChI=1S/C25H19ClFN3O4/c1-33-24(31)14-34-23-13-22(15-2-6-17(27)7-3-15)30-21-11-10-19(12-20(21)23)29-25(32)28-18-8-4-16(26)5-9-18/h2-13H,14H2,1H3,(H2,28,29,32). The Bertz CT molecular complexity index is 1350. The molecule has 0 saturated carbocycles. The van der Waals surface area contributed by atoms with Gasteiger partial charge in [0, 0.05) is 33.4 Å². The van der Waals surface area contributed by atoms with Crippen LogP contribution in [0.5, 0.6) is 5.75 Å². The van der Waals surface area contributed by atoms with Crippen molar-refractivity contribution in [1.82, 2.24) is 4.98 Å². The summed E-state index contributed by atoms with van der Waals surface area (Å²) in [7, 11) is 1.27. The van der Waals surface area contributed by atoms with Crippen LogP contribution in [0.2, 0.25) is 5.02 Å². The molecule has 4 rings (SSSR count). The molecule has 0 atom stereocenters. The van der Waals surface area contributed by atoms with Crippen molar-refractivity contribution < 1.29 is 23.5 Å². The van der Waals surface area contributed by atoms with Crippen molar-refractivity contribution in [3.63, 3.8) is 0 Å². The summed E-state index contributed by atoms with van der Waals surface area (Å²) < 4.78 is 23.7. The first kappa shape index (κ1) is 23.0. The lowest BCUT2D eigenvalue weighted by Gasteiger charge is -2.13. The number of fused-ring (bicyclic) bond motifs is 1. The lowest BCUT2D eigenvalue weighted by Crippen LogP contribution is -2.19. The number of carbonyl (C=O) groups is 2. The number of nitrogens with one attached hydrogen (secondary N) is 2. The number of ether oxygens (including phenoxy) is 2. The molecule has 4 aromatic rings. The van der Waals surface area contributed by atoms with Crippen LogP contribution in [0.15, 0.2) is 72.8 Å². The molecule has 1 heterocycles. The van der Waals surface area contributed by atoms with Gasteiger partial charge in [0.25, 0.3) is 0 Å². The van der Waals surface area contributed by atoms with Gasteiger partial charge in [-0.3, -0.25) is 0 Å². The Morgan fingerprint density at radius 2 is 1.62 bits per heavy atom. The zero-order valence-corrected chi connectivity index (χ0v) is 18.7. The zero-order chi connectivity index (χ0) is 24.1. The van der Waals surface area contributed by atoms with Gasteiger partial charge in [0.05, 0.1) is 18.3 Å². The number of methoxy groups -OCH3 is 1. The van der Waals surface area contributed by atoms with E-state index in [-0.39, 0.29) is 12.4 Å². The van der Waals surface area contributed by atoms with Gasteiger partial charge in [0.1, 0.15) is 11.6 Å². The van der Waals surface area contributed by atoms with Crippen LogP contribution in [0.4, 0.5) is 20.6 Å². The summed E-state index contributed by atoms with van der Waals surface area (Å²) in [5.41, 5.74) is 2.84. The summed E-state index contributed by atoms with van der Waals surface area (Å²) in [5.74, 6) is -0.555. The first-order valence-corrected chi connectivity index (χ1v) is 10.5. The quantitative estimate of drug-likeness (QED) is 0.336. The van der Waals surface area contributed by atoms with E-state index in [1.165, 1.54) is 19.2 Å². The molecule has 1 aromatic heterocycles. The Morgan fingerprint density at radius 1 is 0.941 bits per heavy atom. The highest BCUT2D eigenvalue weighted by Gasteiger charge is 2.13. The lowest BCUT2D eigenvalue weighted by molar-refractivity contribution is -0.142. The summed E-state index contributed by atoms with van der Waals surface area (Å²) in [6.45, 7) is -0.312. The fraction of sp³-hybridized carbons (Fsp3) is 0.0800. The van der Waals surface area contributed by atoms with Crippen molar-refractivity contribution in [2.24, 2.45) is 0 Å². The second kappa shape index (κ2) is 10.2. The first-order chi connectivity index (χ1) is 16.4. The second-order valence-corrected chi connectivity index (χ2v) is 7.63. The highest BCUT2D eigenvalue weighted by molar-refractivity contribution is 6.30. The molecule has 0 aliphatic heterocycles. The van der Waals surface area contributed by atoms with E-state index in [1.54, 1.807) is 60.7 Å². The average molecular weight is 480 g/mol. The normalized spacial score (nSPS) is 10.6. The number of nitrogens with zero attached hydrogens (tertiary/aromatic N) is 1. The van der Waals surface area contributed by atoms with Gasteiger partial charge < -0.3 is 20.1 Å². The molecule has 3 aromatic carbocycles. The third-order valence-electron chi connectivity index (χ3n) is 4.84. The van der Waals surface area contributed by atoms with E-state index >= 15 is 0 Å². The highest BCUT2D eigenvalue weighted by atomic mass is 35.5. The number of halogens is 2. The zero-order valence-electron chi connectivity index (χ0n) is 18.0. The molecule has 7 nitrogen and oxygen atoms in total. The van der Waals surface area contributed by atoms with Gasteiger partial charge in [-0.15, -0.1) is 0 Å². The summed E-state index contributed by atoms with van der Waals surface area (Å²) >= 11 is 5.87. The summed E-state index contributed by atoms with van der Waals surface area (Å²) in [4.78, 5) is 28.7. The van der Waals surface area contributed by atoms with Crippen molar-refractivity contribution in [3.8, 4) is 17.0 Å². The third kappa shape index (κ3) is 5.60. The van der Waals surface area contributed by atoms with E-state index in [0.29, 0.717) is 44.3 Å². The fourth-order valence-electron chi connectivity index (χ4n) is 3.18. The van der Waals surface area contributed by atoms with E-state index in [2.05, 4.69) is 20.4 Å². The number of rotatable bonds is 6. The Hall–Kier alpha value is -4.17. The topological polar surface area (TPSA) is 89.6 Å². The van der Waals surface area contributed by atoms with Crippen LogP contribution >= 0.6 is 11.6 Å². The molecule has 0 bridgehead atoms. The number of aromatic nitrogens is 1. The number of amides is 2. The molecule has 0 spiro atoms. The number of hydrogen-bond acceptors (Lipinski definition) is 5. The predicted molar refractivity (Wildman–Crippen MR) is 129 cm³/mol. The minimum absolute atomic E-state index is 0.312. The Kier molecular flexibility index (Phi) is 6.89. The Morgan fingerprint density at radius 3 is 2.32 bits per heavy atom. The van der Waals surface area contributed by atoms with Crippen molar-refractivity contribution in [3.05, 3.63) is 83.6 Å². The lowest BCUT2D eigenvalue weighted by atomic mass is 10.1. The Balaban J connectivity index is 1.64.